The molecule has 0 radical (unpaired) electrons. The zero-order valence-electron chi connectivity index (χ0n) is 7.30. The number of esters is 1. The Hall–Kier alpha value is -1.04. The lowest BCUT2D eigenvalue weighted by atomic mass is 9.86. The molecule has 1 fully saturated rings. The average molecular weight is 167 g/mol. The fraction of sp³-hybridized carbons (Fsp3) is 0.778. The van der Waals surface area contributed by atoms with Crippen LogP contribution in [0.3, 0.4) is 0 Å². The molecule has 0 heterocycles. The Balaban J connectivity index is 2.61. The summed E-state index contributed by atoms with van der Waals surface area (Å²) >= 11 is 0. The van der Waals surface area contributed by atoms with Gasteiger partial charge in [-0.25, -0.2) is 0 Å². The summed E-state index contributed by atoms with van der Waals surface area (Å²) in [4.78, 5) is 10.7. The molecule has 0 N–H and O–H groups in total. The third-order valence-corrected chi connectivity index (χ3v) is 2.20. The molecule has 0 aromatic carbocycles. The number of carbonyl (C=O) groups is 1. The molecule has 1 aliphatic carbocycles. The number of nitrogens with zero attached hydrogens (tertiary/aromatic N) is 1. The van der Waals surface area contributed by atoms with Gasteiger partial charge >= 0.3 is 5.97 Å². The number of ether oxygens (including phenoxy) is 1. The Bertz CT molecular complexity index is 211. The third-order valence-electron chi connectivity index (χ3n) is 2.20. The molecule has 1 saturated carbocycles. The molecule has 0 amide bonds. The van der Waals surface area contributed by atoms with Crippen molar-refractivity contribution in [1.82, 2.24) is 0 Å². The quantitative estimate of drug-likeness (QED) is 0.559. The van der Waals surface area contributed by atoms with Crippen LogP contribution in [-0.4, -0.2) is 11.6 Å². The Kier molecular flexibility index (Phi) is 2.69. The van der Waals surface area contributed by atoms with Crippen molar-refractivity contribution in [3.63, 3.8) is 0 Å². The molecule has 0 aliphatic heterocycles. The maximum absolute atomic E-state index is 10.7. The minimum Gasteiger partial charge on any atom is -0.444 e. The molecular formula is C9H13NO2. The molecule has 0 aromatic rings. The zero-order chi connectivity index (χ0) is 9.03. The van der Waals surface area contributed by atoms with E-state index in [2.05, 4.69) is 6.07 Å². The van der Waals surface area contributed by atoms with Gasteiger partial charge in [0, 0.05) is 19.8 Å². The van der Waals surface area contributed by atoms with Crippen molar-refractivity contribution in [2.75, 3.05) is 0 Å². The fourth-order valence-electron chi connectivity index (χ4n) is 1.63. The summed E-state index contributed by atoms with van der Waals surface area (Å²) in [6.07, 6.45) is 4.51. The van der Waals surface area contributed by atoms with Crippen molar-refractivity contribution in [3.05, 3.63) is 0 Å². The van der Waals surface area contributed by atoms with Gasteiger partial charge in [0.05, 0.1) is 0 Å². The summed E-state index contributed by atoms with van der Waals surface area (Å²) in [6, 6.07) is 2.11. The van der Waals surface area contributed by atoms with Crippen LogP contribution < -0.4 is 0 Å². The Labute approximate surface area is 72.3 Å². The van der Waals surface area contributed by atoms with E-state index in [0.717, 1.165) is 19.3 Å². The number of rotatable bonds is 1. The van der Waals surface area contributed by atoms with E-state index in [9.17, 15) is 4.79 Å². The van der Waals surface area contributed by atoms with Crippen molar-refractivity contribution < 1.29 is 9.53 Å². The molecule has 0 unspecified atom stereocenters. The molecule has 12 heavy (non-hydrogen) atoms. The number of hydrogen-bond acceptors (Lipinski definition) is 3. The van der Waals surface area contributed by atoms with Gasteiger partial charge in [0.2, 0.25) is 0 Å². The molecule has 0 aromatic heterocycles. The molecule has 66 valence electrons. The molecule has 1 rings (SSSR count). The maximum Gasteiger partial charge on any atom is 0.304 e. The van der Waals surface area contributed by atoms with Gasteiger partial charge in [-0.3, -0.25) is 4.79 Å². The SMILES string of the molecule is CC(=O)OC1(C#N)CCCCC1. The predicted molar refractivity (Wildman–Crippen MR) is 43.2 cm³/mol. The molecule has 1 aliphatic rings. The highest BCUT2D eigenvalue weighted by molar-refractivity contribution is 5.67. The fourth-order valence-corrected chi connectivity index (χ4v) is 1.63. The van der Waals surface area contributed by atoms with Crippen LogP contribution in [0.15, 0.2) is 0 Å². The van der Waals surface area contributed by atoms with Gasteiger partial charge in [0.25, 0.3) is 0 Å². The monoisotopic (exact) mass is 167 g/mol. The van der Waals surface area contributed by atoms with E-state index < -0.39 is 5.60 Å². The smallest absolute Gasteiger partial charge is 0.304 e. The Morgan fingerprint density at radius 1 is 1.42 bits per heavy atom. The molecule has 0 atom stereocenters. The largest absolute Gasteiger partial charge is 0.444 e. The van der Waals surface area contributed by atoms with E-state index in [1.165, 1.54) is 6.92 Å². The van der Waals surface area contributed by atoms with E-state index in [0.29, 0.717) is 12.8 Å². The van der Waals surface area contributed by atoms with E-state index >= 15 is 0 Å². The van der Waals surface area contributed by atoms with E-state index in [4.69, 9.17) is 10.00 Å². The van der Waals surface area contributed by atoms with E-state index in [-0.39, 0.29) is 5.97 Å². The summed E-state index contributed by atoms with van der Waals surface area (Å²) in [7, 11) is 0. The van der Waals surface area contributed by atoms with Gasteiger partial charge in [-0.15, -0.1) is 0 Å². The number of hydrogen-bond donors (Lipinski definition) is 0. The second-order valence-electron chi connectivity index (χ2n) is 3.26. The van der Waals surface area contributed by atoms with Crippen LogP contribution in [0.1, 0.15) is 39.0 Å². The highest BCUT2D eigenvalue weighted by Crippen LogP contribution is 2.30. The second-order valence-corrected chi connectivity index (χ2v) is 3.26. The Morgan fingerprint density at radius 2 is 2.00 bits per heavy atom. The first-order chi connectivity index (χ1) is 5.68. The zero-order valence-corrected chi connectivity index (χ0v) is 7.30. The number of carbonyl (C=O) groups excluding carboxylic acids is 1. The lowest BCUT2D eigenvalue weighted by Crippen LogP contribution is -2.34. The normalized spacial score (nSPS) is 21.0. The Morgan fingerprint density at radius 3 is 2.42 bits per heavy atom. The van der Waals surface area contributed by atoms with Gasteiger partial charge in [-0.2, -0.15) is 5.26 Å². The highest BCUT2D eigenvalue weighted by atomic mass is 16.6. The minimum atomic E-state index is -0.802. The lowest BCUT2D eigenvalue weighted by Gasteiger charge is -2.29. The van der Waals surface area contributed by atoms with E-state index in [1.54, 1.807) is 0 Å². The third kappa shape index (κ3) is 1.97. The summed E-state index contributed by atoms with van der Waals surface area (Å²) in [5, 5.41) is 8.86. The van der Waals surface area contributed by atoms with Gasteiger partial charge in [-0.05, 0) is 12.8 Å². The summed E-state index contributed by atoms with van der Waals surface area (Å²) in [5.74, 6) is -0.349. The van der Waals surface area contributed by atoms with Crippen LogP contribution in [-0.2, 0) is 9.53 Å². The first kappa shape index (κ1) is 9.05. The standard InChI is InChI=1S/C9H13NO2/c1-8(11)12-9(7-10)5-3-2-4-6-9/h2-6H2,1H3. The first-order valence-electron chi connectivity index (χ1n) is 4.29. The second kappa shape index (κ2) is 3.57. The van der Waals surface area contributed by atoms with Crippen molar-refractivity contribution in [2.24, 2.45) is 0 Å². The molecule has 0 bridgehead atoms. The van der Waals surface area contributed by atoms with Crippen molar-refractivity contribution >= 4 is 5.97 Å². The number of nitriles is 1. The van der Waals surface area contributed by atoms with Crippen LogP contribution in [0.25, 0.3) is 0 Å². The van der Waals surface area contributed by atoms with Crippen LogP contribution in [0.4, 0.5) is 0 Å². The summed E-state index contributed by atoms with van der Waals surface area (Å²) in [5.41, 5.74) is -0.802. The van der Waals surface area contributed by atoms with Crippen LogP contribution >= 0.6 is 0 Å². The van der Waals surface area contributed by atoms with Crippen LogP contribution in [0.5, 0.6) is 0 Å². The van der Waals surface area contributed by atoms with Gasteiger partial charge in [0.1, 0.15) is 6.07 Å². The lowest BCUT2D eigenvalue weighted by molar-refractivity contribution is -0.154. The minimum absolute atomic E-state index is 0.349. The average Bonchev–Trinajstić information content (AvgIpc) is 2.05. The molecule has 0 saturated heterocycles. The topological polar surface area (TPSA) is 50.1 Å². The van der Waals surface area contributed by atoms with Crippen LogP contribution in [0, 0.1) is 11.3 Å². The van der Waals surface area contributed by atoms with Crippen LogP contribution in [0.2, 0.25) is 0 Å². The van der Waals surface area contributed by atoms with Crippen molar-refractivity contribution in [3.8, 4) is 6.07 Å². The summed E-state index contributed by atoms with van der Waals surface area (Å²) in [6.45, 7) is 1.35. The predicted octanol–water partition coefficient (Wildman–Crippen LogP) is 1.78. The molecule has 0 spiro atoms. The summed E-state index contributed by atoms with van der Waals surface area (Å²) < 4.78 is 5.03. The van der Waals surface area contributed by atoms with Gasteiger partial charge in [0.15, 0.2) is 5.60 Å². The molecular weight excluding hydrogens is 154 g/mol. The maximum atomic E-state index is 10.7. The van der Waals surface area contributed by atoms with Crippen molar-refractivity contribution in [1.29, 1.82) is 5.26 Å². The van der Waals surface area contributed by atoms with E-state index in [1.807, 2.05) is 0 Å². The molecule has 3 heteroatoms. The van der Waals surface area contributed by atoms with Gasteiger partial charge in [-0.1, -0.05) is 6.42 Å². The highest BCUT2D eigenvalue weighted by Gasteiger charge is 2.34. The molecule has 3 nitrogen and oxygen atoms in total. The van der Waals surface area contributed by atoms with Crippen molar-refractivity contribution in [2.45, 2.75) is 44.6 Å². The van der Waals surface area contributed by atoms with Gasteiger partial charge < -0.3 is 4.74 Å². The first-order valence-corrected chi connectivity index (χ1v) is 4.29.